The van der Waals surface area contributed by atoms with Crippen molar-refractivity contribution in [3.05, 3.63) is 266 Å². The minimum absolute atomic E-state index is 0. The lowest BCUT2D eigenvalue weighted by molar-refractivity contribution is -0.136. The Bertz CT molecular complexity index is 4520. The molecular weight excluding hydrogens is 1540 g/mol. The Morgan fingerprint density at radius 2 is 0.761 bits per heavy atom. The number of carbonyl (C=O) groups is 6. The number of amides is 6. The topological polar surface area (TPSA) is 186 Å². The monoisotopic (exact) mass is 1630 g/mol. The number of nitrogens with zero attached hydrogens (tertiary/aromatic N) is 6. The van der Waals surface area contributed by atoms with Gasteiger partial charge < -0.3 is 44.9 Å². The molecule has 2 unspecified atom stereocenters. The maximum absolute atomic E-state index is 14.3. The van der Waals surface area contributed by atoms with E-state index in [-0.39, 0.29) is 102 Å². The van der Waals surface area contributed by atoms with Gasteiger partial charge in [-0.25, -0.2) is 0 Å². The highest BCUT2D eigenvalue weighted by atomic mass is 35.5. The third-order valence-electron chi connectivity index (χ3n) is 18.2. The number of hydrogen-bond donors (Lipinski definition) is 3. The molecule has 3 aromatic heterocycles. The van der Waals surface area contributed by atoms with Crippen LogP contribution in [0.4, 0.5) is 17.1 Å². The SMILES string of the molecule is C[C@@H]1CN(C(=O)[C@H](c2cccs2)N(C(=O)CCl)c2ccc(Oc3ccccc3)cc2)C[C@H](C)N1.Cc1cc(Oc2ccccc2)ccc1N(C(=O)CCl)C(C(=O)N1CCNC(c2ccccc2)C1)c1cccs1.Cc1cc(Oc2ccccc2)ccc1N(C(=O)CCl)[C@H](C(=O)N1CCN[C@@H](C)C1)c1cccs1.Cl.Cl. The van der Waals surface area contributed by atoms with Gasteiger partial charge in [0.05, 0.1) is 0 Å². The second-order valence-electron chi connectivity index (χ2n) is 26.1. The predicted octanol–water partition coefficient (Wildman–Crippen LogP) is 17.2. The normalized spacial score (nSPS) is 16.8. The van der Waals surface area contributed by atoms with Crippen LogP contribution in [0.5, 0.6) is 34.5 Å². The van der Waals surface area contributed by atoms with Crippen LogP contribution in [0.2, 0.25) is 0 Å². The number of alkyl halides is 3. The molecule has 3 saturated heterocycles. The highest BCUT2D eigenvalue weighted by Gasteiger charge is 2.42. The molecule has 7 atom stereocenters. The number of benzene rings is 7. The summed E-state index contributed by atoms with van der Waals surface area (Å²) in [6.45, 7) is 14.8. The van der Waals surface area contributed by atoms with Gasteiger partial charge in [0.15, 0.2) is 0 Å². The number of carbonyl (C=O) groups excluding carboxylic acids is 6. The van der Waals surface area contributed by atoms with Gasteiger partial charge in [0, 0.05) is 108 Å². The number of anilines is 3. The van der Waals surface area contributed by atoms with Crippen LogP contribution in [0.1, 0.15) is 76.3 Å². The Morgan fingerprint density at radius 1 is 0.413 bits per heavy atom. The minimum atomic E-state index is -0.828. The zero-order valence-electron chi connectivity index (χ0n) is 60.9. The summed E-state index contributed by atoms with van der Waals surface area (Å²) in [5.41, 5.74) is 4.60. The second kappa shape index (κ2) is 41.3. The molecule has 3 aliphatic rings. The Hall–Kier alpha value is -8.81. The summed E-state index contributed by atoms with van der Waals surface area (Å²) in [5, 5.41) is 16.1. The van der Waals surface area contributed by atoms with E-state index in [0.29, 0.717) is 80.1 Å². The molecule has 26 heteroatoms. The van der Waals surface area contributed by atoms with Gasteiger partial charge >= 0.3 is 0 Å². The molecule has 13 rings (SSSR count). The van der Waals surface area contributed by atoms with Gasteiger partial charge in [-0.1, -0.05) is 103 Å². The fraction of sp³-hybridized carbons (Fsp3) is 0.277. The van der Waals surface area contributed by atoms with E-state index in [1.165, 1.54) is 38.9 Å². The third kappa shape index (κ3) is 22.0. The maximum atomic E-state index is 14.3. The first-order valence-corrected chi connectivity index (χ1v) is 39.6. The van der Waals surface area contributed by atoms with E-state index in [4.69, 9.17) is 49.0 Å². The van der Waals surface area contributed by atoms with Crippen molar-refractivity contribution in [3.63, 3.8) is 0 Å². The van der Waals surface area contributed by atoms with Gasteiger partial charge in [-0.15, -0.1) is 93.6 Å². The van der Waals surface area contributed by atoms with Crippen LogP contribution in [0.15, 0.2) is 235 Å². The highest BCUT2D eigenvalue weighted by Crippen LogP contribution is 2.41. The Balaban J connectivity index is 0.000000187. The van der Waals surface area contributed by atoms with E-state index in [1.807, 2.05) is 227 Å². The number of hydrogen-bond acceptors (Lipinski definition) is 15. The molecule has 0 saturated carbocycles. The minimum Gasteiger partial charge on any atom is -0.457 e. The molecule has 10 aromatic rings. The Labute approximate surface area is 676 Å². The molecule has 6 heterocycles. The molecule has 3 aliphatic heterocycles. The molecule has 109 heavy (non-hydrogen) atoms. The van der Waals surface area contributed by atoms with Crippen molar-refractivity contribution >= 4 is 146 Å². The molecule has 0 bridgehead atoms. The largest absolute Gasteiger partial charge is 0.457 e. The molecule has 3 N–H and O–H groups in total. The lowest BCUT2D eigenvalue weighted by atomic mass is 10.0. The molecule has 7 aromatic carbocycles. The van der Waals surface area contributed by atoms with E-state index >= 15 is 0 Å². The summed E-state index contributed by atoms with van der Waals surface area (Å²) in [6.07, 6.45) is 0. The Morgan fingerprint density at radius 3 is 1.16 bits per heavy atom. The van der Waals surface area contributed by atoms with Crippen LogP contribution in [-0.2, 0) is 28.8 Å². The smallest absolute Gasteiger partial charge is 0.251 e. The standard InChI is InChI=1S/C31H30ClN3O3S.2C26H28ClN3O3S.2ClH/c1-22-19-25(38-24-11-6-3-7-12-24)14-15-27(22)35(29(36)20-32)30(28-13-8-18-39-28)31(37)34-17-16-33-26(21-34)23-9-4-2-5-10-23;1-18-16-29(17-19(2)28-18)26(32)25(23-9-6-14-34-23)30(24(31)15-27)20-10-12-22(13-11-20)33-21-7-4-3-5-8-21;1-18-15-21(33-20-7-4-3-5-8-20)10-11-22(18)30(24(31)16-27)25(23-9-6-14-34-23)26(32)29-13-12-28-19(2)17-29;;/h2-15,18-19,26,30,33H,16-17,20-21H2,1H3;3-14,18-19,25,28H,15-17H2,1-2H3;3-11,14-15,19,25,28H,12-13,16-17H2,1-2H3;2*1H/t;18-,19+,25-;19-,25-;;/m.00../s1. The van der Waals surface area contributed by atoms with E-state index in [2.05, 4.69) is 48.9 Å². The highest BCUT2D eigenvalue weighted by molar-refractivity contribution is 7.10. The van der Waals surface area contributed by atoms with Crippen LogP contribution in [0.25, 0.3) is 0 Å². The van der Waals surface area contributed by atoms with Crippen molar-refractivity contribution < 1.29 is 43.0 Å². The third-order valence-corrected chi connectivity index (χ3v) is 21.7. The van der Waals surface area contributed by atoms with E-state index < -0.39 is 18.1 Å². The van der Waals surface area contributed by atoms with Crippen molar-refractivity contribution in [1.29, 1.82) is 0 Å². The summed E-state index contributed by atoms with van der Waals surface area (Å²) in [4.78, 5) is 94.3. The first kappa shape index (κ1) is 84.2. The van der Waals surface area contributed by atoms with Crippen molar-refractivity contribution in [2.75, 3.05) is 84.7 Å². The molecular formula is C83H88Cl5N9O9S3. The zero-order valence-corrected chi connectivity index (χ0v) is 67.2. The molecule has 572 valence electrons. The fourth-order valence-electron chi connectivity index (χ4n) is 13.4. The van der Waals surface area contributed by atoms with E-state index in [0.717, 1.165) is 55.1 Å². The van der Waals surface area contributed by atoms with Crippen LogP contribution >= 0.6 is 93.6 Å². The Kier molecular flexibility index (Phi) is 31.9. The fourth-order valence-corrected chi connectivity index (χ4v) is 16.2. The molecule has 3 fully saturated rings. The first-order valence-electron chi connectivity index (χ1n) is 35.4. The molecule has 18 nitrogen and oxygen atoms in total. The number of ether oxygens (including phenoxy) is 3. The zero-order chi connectivity index (χ0) is 75.3. The molecule has 6 amide bonds. The summed E-state index contributed by atoms with van der Waals surface area (Å²) in [7, 11) is 0. The number of thiophene rings is 3. The number of para-hydroxylation sites is 3. The van der Waals surface area contributed by atoms with Crippen molar-refractivity contribution in [2.45, 2.75) is 76.9 Å². The van der Waals surface area contributed by atoms with Crippen LogP contribution in [-0.4, -0.2) is 138 Å². The average Bonchev–Trinajstić information content (AvgIpc) is 1.77. The summed E-state index contributed by atoms with van der Waals surface area (Å²) in [5.74, 6) is 2.08. The van der Waals surface area contributed by atoms with E-state index in [1.54, 1.807) is 34.1 Å². The number of rotatable bonds is 22. The quantitative estimate of drug-likeness (QED) is 0.0546. The average molecular weight is 1630 g/mol. The van der Waals surface area contributed by atoms with Gasteiger partial charge in [-0.05, 0) is 183 Å². The van der Waals surface area contributed by atoms with Crippen molar-refractivity contribution in [3.8, 4) is 34.5 Å². The van der Waals surface area contributed by atoms with Gasteiger partial charge in [0.25, 0.3) is 17.7 Å². The second-order valence-corrected chi connectivity index (χ2v) is 29.9. The lowest BCUT2D eigenvalue weighted by Gasteiger charge is -2.40. The molecule has 0 aliphatic carbocycles. The number of nitrogens with one attached hydrogen (secondary N) is 3. The van der Waals surface area contributed by atoms with Crippen LogP contribution < -0.4 is 44.9 Å². The van der Waals surface area contributed by atoms with Gasteiger partial charge in [-0.3, -0.25) is 43.5 Å². The lowest BCUT2D eigenvalue weighted by Crippen LogP contribution is -2.58. The van der Waals surface area contributed by atoms with Gasteiger partial charge in [0.2, 0.25) is 17.7 Å². The number of aryl methyl sites for hydroxylation is 2. The summed E-state index contributed by atoms with van der Waals surface area (Å²) < 4.78 is 17.8. The maximum Gasteiger partial charge on any atom is 0.251 e. The van der Waals surface area contributed by atoms with Crippen LogP contribution in [0, 0.1) is 13.8 Å². The van der Waals surface area contributed by atoms with Crippen LogP contribution in [0.3, 0.4) is 0 Å². The van der Waals surface area contributed by atoms with Crippen molar-refractivity contribution in [2.24, 2.45) is 0 Å². The van der Waals surface area contributed by atoms with Crippen molar-refractivity contribution in [1.82, 2.24) is 30.7 Å². The number of halogens is 5. The van der Waals surface area contributed by atoms with Gasteiger partial charge in [0.1, 0.15) is 70.3 Å². The first-order chi connectivity index (χ1) is 52.0. The summed E-state index contributed by atoms with van der Waals surface area (Å²) in [6, 6.07) is 66.3. The predicted molar refractivity (Wildman–Crippen MR) is 445 cm³/mol. The molecule has 0 radical (unpaired) electrons. The van der Waals surface area contributed by atoms with E-state index in [9.17, 15) is 28.8 Å². The van der Waals surface area contributed by atoms with Gasteiger partial charge in [-0.2, -0.15) is 0 Å². The number of piperazine rings is 3. The summed E-state index contributed by atoms with van der Waals surface area (Å²) >= 11 is 22.6. The molecule has 0 spiro atoms.